The third kappa shape index (κ3) is 6.81. The number of morpholine rings is 1. The molecule has 0 radical (unpaired) electrons. The molecule has 2 heterocycles. The number of ether oxygens (including phenoxy) is 1. The Morgan fingerprint density at radius 3 is 2.53 bits per heavy atom. The van der Waals surface area contributed by atoms with Gasteiger partial charge in [0.15, 0.2) is 4.34 Å². The minimum absolute atomic E-state index is 0.114. The average molecular weight is 568 g/mol. The van der Waals surface area contributed by atoms with Crippen molar-refractivity contribution < 1.29 is 22.7 Å². The third-order valence-electron chi connectivity index (χ3n) is 5.11. The smallest absolute Gasteiger partial charge is 0.257 e. The molecule has 10 nitrogen and oxygen atoms in total. The van der Waals surface area contributed by atoms with Crippen LogP contribution in [0.1, 0.15) is 15.9 Å². The molecule has 1 fully saturated rings. The average Bonchev–Trinajstić information content (AvgIpc) is 3.34. The first kappa shape index (κ1) is 26.5. The molecule has 1 aliphatic heterocycles. The molecule has 14 heteroatoms. The van der Waals surface area contributed by atoms with Crippen molar-refractivity contribution in [3.8, 4) is 0 Å². The van der Waals surface area contributed by atoms with E-state index in [1.54, 1.807) is 6.07 Å². The summed E-state index contributed by atoms with van der Waals surface area (Å²) >= 11 is 8.42. The lowest BCUT2D eigenvalue weighted by Gasteiger charge is -2.26. The van der Waals surface area contributed by atoms with E-state index in [-0.39, 0.29) is 27.3 Å². The van der Waals surface area contributed by atoms with E-state index >= 15 is 0 Å². The fraction of sp³-hybridized carbons (Fsp3) is 0.273. The number of halogens is 1. The summed E-state index contributed by atoms with van der Waals surface area (Å²) in [6.45, 7) is 1.63. The van der Waals surface area contributed by atoms with Crippen LogP contribution >= 0.6 is 34.7 Å². The Labute approximate surface area is 221 Å². The van der Waals surface area contributed by atoms with E-state index < -0.39 is 15.9 Å². The van der Waals surface area contributed by atoms with Gasteiger partial charge in [-0.1, -0.05) is 52.9 Å². The Bertz CT molecular complexity index is 1330. The second-order valence-corrected chi connectivity index (χ2v) is 12.1. The lowest BCUT2D eigenvalue weighted by atomic mass is 10.2. The van der Waals surface area contributed by atoms with E-state index in [9.17, 15) is 18.0 Å². The highest BCUT2D eigenvalue weighted by Crippen LogP contribution is 2.26. The van der Waals surface area contributed by atoms with Crippen LogP contribution in [-0.2, 0) is 26.1 Å². The van der Waals surface area contributed by atoms with Gasteiger partial charge in [0.25, 0.3) is 5.91 Å². The maximum atomic E-state index is 12.7. The molecule has 2 amide bonds. The fourth-order valence-electron chi connectivity index (χ4n) is 3.22. The number of hydrogen-bond donors (Lipinski definition) is 2. The summed E-state index contributed by atoms with van der Waals surface area (Å²) in [6.07, 6.45) is 0. The van der Waals surface area contributed by atoms with Gasteiger partial charge in [-0.05, 0) is 35.9 Å². The molecule has 4 rings (SSSR count). The molecule has 1 aliphatic rings. The van der Waals surface area contributed by atoms with Gasteiger partial charge in [0, 0.05) is 30.2 Å². The van der Waals surface area contributed by atoms with Crippen LogP contribution < -0.4 is 10.6 Å². The van der Waals surface area contributed by atoms with Crippen molar-refractivity contribution in [2.75, 3.05) is 37.4 Å². The number of anilines is 1. The van der Waals surface area contributed by atoms with E-state index in [4.69, 9.17) is 16.3 Å². The van der Waals surface area contributed by atoms with E-state index in [1.807, 2.05) is 18.2 Å². The van der Waals surface area contributed by atoms with E-state index in [0.717, 1.165) is 16.9 Å². The molecule has 3 aromatic rings. The van der Waals surface area contributed by atoms with Crippen LogP contribution in [-0.4, -0.2) is 66.8 Å². The second kappa shape index (κ2) is 12.1. The van der Waals surface area contributed by atoms with E-state index in [0.29, 0.717) is 42.2 Å². The second-order valence-electron chi connectivity index (χ2n) is 7.52. The number of thioether (sulfide) groups is 1. The summed E-state index contributed by atoms with van der Waals surface area (Å²) in [5.41, 5.74) is 1.10. The fourth-order valence-corrected chi connectivity index (χ4v) is 6.40. The number of hydrogen-bond acceptors (Lipinski definition) is 9. The van der Waals surface area contributed by atoms with Crippen molar-refractivity contribution in [3.63, 3.8) is 0 Å². The number of carbonyl (C=O) groups is 2. The van der Waals surface area contributed by atoms with Crippen molar-refractivity contribution >= 4 is 61.7 Å². The molecular weight excluding hydrogens is 546 g/mol. The first-order valence-electron chi connectivity index (χ1n) is 10.8. The van der Waals surface area contributed by atoms with Crippen LogP contribution in [0.5, 0.6) is 0 Å². The molecule has 0 saturated carbocycles. The third-order valence-corrected chi connectivity index (χ3v) is 9.37. The summed E-state index contributed by atoms with van der Waals surface area (Å²) in [5, 5.41) is 14.2. The Balaban J connectivity index is 1.27. The van der Waals surface area contributed by atoms with Gasteiger partial charge >= 0.3 is 0 Å². The highest BCUT2D eigenvalue weighted by Gasteiger charge is 2.26. The zero-order chi connectivity index (χ0) is 25.5. The molecule has 2 aromatic carbocycles. The van der Waals surface area contributed by atoms with Crippen LogP contribution in [0, 0.1) is 0 Å². The van der Waals surface area contributed by atoms with Crippen LogP contribution in [0.25, 0.3) is 0 Å². The highest BCUT2D eigenvalue weighted by atomic mass is 35.5. The van der Waals surface area contributed by atoms with Gasteiger partial charge in [-0.2, -0.15) is 4.31 Å². The Morgan fingerprint density at radius 1 is 1.08 bits per heavy atom. The molecule has 1 saturated heterocycles. The molecular formula is C22H22ClN5O5S3. The maximum Gasteiger partial charge on any atom is 0.257 e. The van der Waals surface area contributed by atoms with Gasteiger partial charge in [-0.25, -0.2) is 8.42 Å². The molecule has 0 atom stereocenters. The van der Waals surface area contributed by atoms with Crippen molar-refractivity contribution in [1.29, 1.82) is 0 Å². The van der Waals surface area contributed by atoms with Gasteiger partial charge in [-0.15, -0.1) is 10.2 Å². The van der Waals surface area contributed by atoms with Crippen LogP contribution in [0.3, 0.4) is 0 Å². The number of nitrogens with one attached hydrogen (secondary N) is 2. The summed E-state index contributed by atoms with van der Waals surface area (Å²) in [7, 11) is -3.64. The summed E-state index contributed by atoms with van der Waals surface area (Å²) in [5.74, 6) is -0.505. The quantitative estimate of drug-likeness (QED) is 0.298. The SMILES string of the molecule is O=C(CSc1nnc(NC(=O)c2ccc(S(=O)(=O)N3CCOCC3)cc2)s1)NCc1ccccc1Cl. The maximum absolute atomic E-state index is 12.7. The summed E-state index contributed by atoms with van der Waals surface area (Å²) in [6, 6.07) is 13.0. The zero-order valence-electron chi connectivity index (χ0n) is 18.8. The van der Waals surface area contributed by atoms with Gasteiger partial charge in [-0.3, -0.25) is 14.9 Å². The van der Waals surface area contributed by atoms with Crippen molar-refractivity contribution in [3.05, 3.63) is 64.7 Å². The Hall–Kier alpha value is -2.55. The number of amides is 2. The molecule has 2 N–H and O–H groups in total. The van der Waals surface area contributed by atoms with Crippen LogP contribution in [0.4, 0.5) is 5.13 Å². The number of nitrogens with zero attached hydrogens (tertiary/aromatic N) is 3. The number of carbonyl (C=O) groups excluding carboxylic acids is 2. The Kier molecular flexibility index (Phi) is 8.93. The minimum Gasteiger partial charge on any atom is -0.379 e. The predicted molar refractivity (Wildman–Crippen MR) is 138 cm³/mol. The van der Waals surface area contributed by atoms with E-state index in [1.165, 1.54) is 40.3 Å². The molecule has 0 bridgehead atoms. The predicted octanol–water partition coefficient (Wildman–Crippen LogP) is 2.87. The lowest BCUT2D eigenvalue weighted by Crippen LogP contribution is -2.40. The zero-order valence-corrected chi connectivity index (χ0v) is 22.1. The van der Waals surface area contributed by atoms with Gasteiger partial charge in [0.05, 0.1) is 23.9 Å². The molecule has 0 aliphatic carbocycles. The highest BCUT2D eigenvalue weighted by molar-refractivity contribution is 8.01. The number of sulfonamides is 1. The van der Waals surface area contributed by atoms with Crippen LogP contribution in [0.15, 0.2) is 57.8 Å². The van der Waals surface area contributed by atoms with Crippen LogP contribution in [0.2, 0.25) is 5.02 Å². The normalized spacial score (nSPS) is 14.4. The monoisotopic (exact) mass is 567 g/mol. The minimum atomic E-state index is -3.64. The lowest BCUT2D eigenvalue weighted by molar-refractivity contribution is -0.118. The molecule has 0 unspecified atom stereocenters. The number of benzene rings is 2. The standard InChI is InChI=1S/C22H22ClN5O5S3/c23-18-4-2-1-3-16(18)13-24-19(29)14-34-22-27-26-21(35-22)25-20(30)15-5-7-17(8-6-15)36(31,32)28-9-11-33-12-10-28/h1-8H,9-14H2,(H,24,29)(H,25,26,30). The molecule has 36 heavy (non-hydrogen) atoms. The van der Waals surface area contributed by atoms with Gasteiger partial charge in [0.1, 0.15) is 0 Å². The molecule has 190 valence electrons. The number of rotatable bonds is 9. The van der Waals surface area contributed by atoms with Crippen molar-refractivity contribution in [1.82, 2.24) is 19.8 Å². The topological polar surface area (TPSA) is 131 Å². The van der Waals surface area contributed by atoms with Crippen molar-refractivity contribution in [2.45, 2.75) is 15.8 Å². The molecule has 0 spiro atoms. The first-order valence-corrected chi connectivity index (χ1v) is 14.4. The van der Waals surface area contributed by atoms with Gasteiger partial charge in [0.2, 0.25) is 21.1 Å². The largest absolute Gasteiger partial charge is 0.379 e. The van der Waals surface area contributed by atoms with E-state index in [2.05, 4.69) is 20.8 Å². The number of aromatic nitrogens is 2. The summed E-state index contributed by atoms with van der Waals surface area (Å²) in [4.78, 5) is 24.8. The first-order chi connectivity index (χ1) is 17.3. The molecule has 1 aromatic heterocycles. The van der Waals surface area contributed by atoms with Crippen molar-refractivity contribution in [2.24, 2.45) is 0 Å². The van der Waals surface area contributed by atoms with Gasteiger partial charge < -0.3 is 10.1 Å². The summed E-state index contributed by atoms with van der Waals surface area (Å²) < 4.78 is 32.5. The Morgan fingerprint density at radius 2 is 1.81 bits per heavy atom.